The van der Waals surface area contributed by atoms with Crippen LogP contribution in [0.1, 0.15) is 52.9 Å². The van der Waals surface area contributed by atoms with Crippen molar-refractivity contribution in [2.75, 3.05) is 6.54 Å². The van der Waals surface area contributed by atoms with Gasteiger partial charge in [-0.3, -0.25) is 4.79 Å². The second-order valence-electron chi connectivity index (χ2n) is 6.27. The van der Waals surface area contributed by atoms with Crippen molar-refractivity contribution in [1.82, 2.24) is 5.32 Å². The topological polar surface area (TPSA) is 75.6 Å². The van der Waals surface area contributed by atoms with Gasteiger partial charge in [-0.2, -0.15) is 0 Å². The van der Waals surface area contributed by atoms with Gasteiger partial charge in [0.05, 0.1) is 5.92 Å². The molecule has 0 aromatic rings. The molecule has 0 unspecified atom stereocenters. The molecule has 2 N–H and O–H groups in total. The summed E-state index contributed by atoms with van der Waals surface area (Å²) in [5.74, 6) is -0.328. The van der Waals surface area contributed by atoms with E-state index in [9.17, 15) is 9.59 Å². The van der Waals surface area contributed by atoms with Crippen LogP contribution in [0.15, 0.2) is 0 Å². The quantitative estimate of drug-likeness (QED) is 0.824. The van der Waals surface area contributed by atoms with Crippen LogP contribution in [0, 0.1) is 11.8 Å². The lowest BCUT2D eigenvalue weighted by Gasteiger charge is -2.26. The SMILES string of the molecule is CC(C)(C)OC(=O)NCCC1CCC(C(=O)O)CC1. The van der Waals surface area contributed by atoms with Crippen LogP contribution in [-0.2, 0) is 9.53 Å². The zero-order chi connectivity index (χ0) is 14.5. The summed E-state index contributed by atoms with van der Waals surface area (Å²) in [6.07, 6.45) is 3.90. The fourth-order valence-corrected chi connectivity index (χ4v) is 2.39. The standard InChI is InChI=1S/C14H25NO4/c1-14(2,3)19-13(18)15-9-8-10-4-6-11(7-5-10)12(16)17/h10-11H,4-9H2,1-3H3,(H,15,18)(H,16,17). The molecule has 1 aliphatic rings. The summed E-state index contributed by atoms with van der Waals surface area (Å²) in [4.78, 5) is 22.3. The number of aliphatic carboxylic acids is 1. The Hall–Kier alpha value is -1.26. The third-order valence-electron chi connectivity index (χ3n) is 3.42. The number of hydrogen-bond donors (Lipinski definition) is 2. The second-order valence-corrected chi connectivity index (χ2v) is 6.27. The van der Waals surface area contributed by atoms with E-state index in [-0.39, 0.29) is 12.0 Å². The first kappa shape index (κ1) is 15.8. The molecule has 0 heterocycles. The van der Waals surface area contributed by atoms with Crippen molar-refractivity contribution in [3.05, 3.63) is 0 Å². The summed E-state index contributed by atoms with van der Waals surface area (Å²) in [5.41, 5.74) is -0.469. The molecule has 0 bridgehead atoms. The predicted octanol–water partition coefficient (Wildman–Crippen LogP) is 2.79. The number of amides is 1. The Morgan fingerprint density at radius 1 is 1.21 bits per heavy atom. The van der Waals surface area contributed by atoms with E-state index < -0.39 is 11.6 Å². The van der Waals surface area contributed by atoms with Gasteiger partial charge in [-0.15, -0.1) is 0 Å². The molecule has 0 aromatic heterocycles. The van der Waals surface area contributed by atoms with Gasteiger partial charge in [0.25, 0.3) is 0 Å². The van der Waals surface area contributed by atoms with E-state index >= 15 is 0 Å². The van der Waals surface area contributed by atoms with Gasteiger partial charge in [-0.25, -0.2) is 4.79 Å². The average Bonchev–Trinajstić information content (AvgIpc) is 2.27. The number of hydrogen-bond acceptors (Lipinski definition) is 3. The Kier molecular flexibility index (Phi) is 5.63. The molecule has 1 amide bonds. The third kappa shape index (κ3) is 6.45. The van der Waals surface area contributed by atoms with Gasteiger partial charge < -0.3 is 15.2 Å². The van der Waals surface area contributed by atoms with Crippen molar-refractivity contribution >= 4 is 12.1 Å². The fraction of sp³-hybridized carbons (Fsp3) is 0.857. The van der Waals surface area contributed by atoms with Crippen LogP contribution in [0.3, 0.4) is 0 Å². The molecule has 110 valence electrons. The predicted molar refractivity (Wildman–Crippen MR) is 71.9 cm³/mol. The third-order valence-corrected chi connectivity index (χ3v) is 3.42. The molecular weight excluding hydrogens is 246 g/mol. The smallest absolute Gasteiger partial charge is 0.407 e. The highest BCUT2D eigenvalue weighted by molar-refractivity contribution is 5.70. The highest BCUT2D eigenvalue weighted by Gasteiger charge is 2.25. The van der Waals surface area contributed by atoms with Crippen molar-refractivity contribution < 1.29 is 19.4 Å². The van der Waals surface area contributed by atoms with Crippen molar-refractivity contribution in [1.29, 1.82) is 0 Å². The highest BCUT2D eigenvalue weighted by Crippen LogP contribution is 2.30. The lowest BCUT2D eigenvalue weighted by atomic mass is 9.80. The lowest BCUT2D eigenvalue weighted by Crippen LogP contribution is -2.34. The van der Waals surface area contributed by atoms with Crippen LogP contribution < -0.4 is 5.32 Å². The van der Waals surface area contributed by atoms with Gasteiger partial charge >= 0.3 is 12.1 Å². The number of rotatable bonds is 4. The summed E-state index contributed by atoms with van der Waals surface area (Å²) >= 11 is 0. The van der Waals surface area contributed by atoms with Gasteiger partial charge in [0.2, 0.25) is 0 Å². The van der Waals surface area contributed by atoms with Crippen LogP contribution in [-0.4, -0.2) is 29.3 Å². The molecule has 0 radical (unpaired) electrons. The Bertz CT molecular complexity index is 314. The summed E-state index contributed by atoms with van der Waals surface area (Å²) in [5, 5.41) is 11.7. The maximum absolute atomic E-state index is 11.4. The summed E-state index contributed by atoms with van der Waals surface area (Å²) in [6.45, 7) is 6.09. The second kappa shape index (κ2) is 6.78. The Labute approximate surface area is 114 Å². The van der Waals surface area contributed by atoms with Crippen molar-refractivity contribution in [3.63, 3.8) is 0 Å². The van der Waals surface area contributed by atoms with E-state index in [0.717, 1.165) is 32.1 Å². The molecule has 0 aromatic carbocycles. The van der Waals surface area contributed by atoms with Crippen LogP contribution in [0.2, 0.25) is 0 Å². The molecule has 1 rings (SSSR count). The van der Waals surface area contributed by atoms with Gasteiger partial charge in [-0.1, -0.05) is 0 Å². The zero-order valence-corrected chi connectivity index (χ0v) is 12.1. The summed E-state index contributed by atoms with van der Waals surface area (Å²) in [7, 11) is 0. The Morgan fingerprint density at radius 2 is 1.79 bits per heavy atom. The van der Waals surface area contributed by atoms with Crippen LogP contribution in [0.5, 0.6) is 0 Å². The zero-order valence-electron chi connectivity index (χ0n) is 12.1. The van der Waals surface area contributed by atoms with E-state index in [2.05, 4.69) is 5.32 Å². The van der Waals surface area contributed by atoms with E-state index in [4.69, 9.17) is 9.84 Å². The van der Waals surface area contributed by atoms with Crippen LogP contribution in [0.25, 0.3) is 0 Å². The van der Waals surface area contributed by atoms with Crippen LogP contribution in [0.4, 0.5) is 4.79 Å². The first-order valence-electron chi connectivity index (χ1n) is 6.97. The van der Waals surface area contributed by atoms with Crippen molar-refractivity contribution in [3.8, 4) is 0 Å². The maximum atomic E-state index is 11.4. The Balaban J connectivity index is 2.14. The molecule has 1 fully saturated rings. The molecule has 0 saturated heterocycles. The number of ether oxygens (including phenoxy) is 1. The van der Waals surface area contributed by atoms with E-state index in [0.29, 0.717) is 12.5 Å². The first-order valence-corrected chi connectivity index (χ1v) is 6.97. The molecular formula is C14H25NO4. The number of carbonyl (C=O) groups excluding carboxylic acids is 1. The highest BCUT2D eigenvalue weighted by atomic mass is 16.6. The molecule has 19 heavy (non-hydrogen) atoms. The maximum Gasteiger partial charge on any atom is 0.407 e. The number of nitrogens with one attached hydrogen (secondary N) is 1. The minimum Gasteiger partial charge on any atom is -0.481 e. The minimum absolute atomic E-state index is 0.171. The number of alkyl carbamates (subject to hydrolysis) is 1. The molecule has 1 saturated carbocycles. The largest absolute Gasteiger partial charge is 0.481 e. The molecule has 0 atom stereocenters. The van der Waals surface area contributed by atoms with Gasteiger partial charge in [-0.05, 0) is 58.8 Å². The molecule has 1 aliphatic carbocycles. The average molecular weight is 271 g/mol. The van der Waals surface area contributed by atoms with E-state index in [1.165, 1.54) is 0 Å². The van der Waals surface area contributed by atoms with Crippen LogP contribution >= 0.6 is 0 Å². The molecule has 5 nitrogen and oxygen atoms in total. The van der Waals surface area contributed by atoms with E-state index in [1.807, 2.05) is 20.8 Å². The summed E-state index contributed by atoms with van der Waals surface area (Å²) in [6, 6.07) is 0. The van der Waals surface area contributed by atoms with Gasteiger partial charge in [0.1, 0.15) is 5.60 Å². The Morgan fingerprint density at radius 3 is 2.26 bits per heavy atom. The van der Waals surface area contributed by atoms with Gasteiger partial charge in [0.15, 0.2) is 0 Å². The number of carbonyl (C=O) groups is 2. The number of carboxylic acids is 1. The van der Waals surface area contributed by atoms with Gasteiger partial charge in [0, 0.05) is 6.54 Å². The normalized spacial score (nSPS) is 23.7. The first-order chi connectivity index (χ1) is 8.78. The van der Waals surface area contributed by atoms with Crippen molar-refractivity contribution in [2.45, 2.75) is 58.5 Å². The number of carboxylic acid groups (broad SMARTS) is 1. The monoisotopic (exact) mass is 271 g/mol. The fourth-order valence-electron chi connectivity index (χ4n) is 2.39. The van der Waals surface area contributed by atoms with Crippen molar-refractivity contribution in [2.24, 2.45) is 11.8 Å². The summed E-state index contributed by atoms with van der Waals surface area (Å²) < 4.78 is 5.15. The minimum atomic E-state index is -0.676. The lowest BCUT2D eigenvalue weighted by molar-refractivity contribution is -0.143. The molecule has 0 aliphatic heterocycles. The molecule has 5 heteroatoms. The van der Waals surface area contributed by atoms with E-state index in [1.54, 1.807) is 0 Å². The molecule has 0 spiro atoms.